The average molecular weight is 1130 g/mol. The van der Waals surface area contributed by atoms with Crippen LogP contribution < -0.4 is 14.8 Å². The Morgan fingerprint density at radius 2 is 1.22 bits per heavy atom. The van der Waals surface area contributed by atoms with E-state index in [0.29, 0.717) is 28.1 Å². The number of aliphatic carboxylic acids is 1. The molecule has 0 spiro atoms. The topological polar surface area (TPSA) is 400 Å². The quantitative estimate of drug-likeness (QED) is 0.0473. The van der Waals surface area contributed by atoms with Crippen molar-refractivity contribution in [3.8, 4) is 86.0 Å². The highest BCUT2D eigenvalue weighted by Gasteiger charge is 2.64. The van der Waals surface area contributed by atoms with E-state index in [-0.39, 0.29) is 87.2 Å². The fraction of sp³-hybridized carbons (Fsp3) is 0.232. The molecule has 2 amide bonds. The van der Waals surface area contributed by atoms with E-state index in [9.17, 15) is 85.6 Å². The second-order valence-electron chi connectivity index (χ2n) is 19.6. The Labute approximate surface area is 462 Å². The molecule has 0 radical (unpaired) electrons. The Morgan fingerprint density at radius 3 is 1.78 bits per heavy atom. The van der Waals surface area contributed by atoms with Gasteiger partial charge in [-0.1, -0.05) is 47.6 Å². The highest BCUT2D eigenvalue weighted by atomic mass is 32.2. The first-order chi connectivity index (χ1) is 38.3. The van der Waals surface area contributed by atoms with Crippen LogP contribution >= 0.6 is 11.8 Å². The Balaban J connectivity index is 0.000000150. The van der Waals surface area contributed by atoms with Crippen molar-refractivity contribution in [1.29, 1.82) is 0 Å². The monoisotopic (exact) mass is 1130 g/mol. The third-order valence-electron chi connectivity index (χ3n) is 13.7. The first-order valence-electron chi connectivity index (χ1n) is 24.5. The van der Waals surface area contributed by atoms with Gasteiger partial charge in [0.1, 0.15) is 81.2 Å². The van der Waals surface area contributed by atoms with Gasteiger partial charge >= 0.3 is 11.9 Å². The van der Waals surface area contributed by atoms with Gasteiger partial charge in [0.2, 0.25) is 5.91 Å². The van der Waals surface area contributed by atoms with Crippen LogP contribution in [0.4, 0.5) is 0 Å². The Kier molecular flexibility index (Phi) is 15.0. The van der Waals surface area contributed by atoms with E-state index in [1.54, 1.807) is 20.8 Å². The number of aliphatic hydroxyl groups excluding tert-OH is 1. The van der Waals surface area contributed by atoms with E-state index in [2.05, 4.69) is 10.5 Å². The molecule has 4 aliphatic heterocycles. The van der Waals surface area contributed by atoms with Crippen LogP contribution in [-0.4, -0.2) is 135 Å². The molecule has 25 heteroatoms. The summed E-state index contributed by atoms with van der Waals surface area (Å²) in [5.74, 6) is -6.57. The van der Waals surface area contributed by atoms with Crippen LogP contribution in [-0.2, 0) is 27.2 Å². The minimum Gasteiger partial charge on any atom is -0.508 e. The van der Waals surface area contributed by atoms with Gasteiger partial charge in [-0.3, -0.25) is 9.59 Å². The number of ether oxygens (including phenoxy) is 3. The van der Waals surface area contributed by atoms with Crippen LogP contribution in [0.1, 0.15) is 74.8 Å². The second kappa shape index (κ2) is 21.7. The lowest BCUT2D eigenvalue weighted by Crippen LogP contribution is -2.70. The zero-order valence-corrected chi connectivity index (χ0v) is 43.5. The number of aromatic nitrogens is 1. The smallest absolute Gasteiger partial charge is 0.338 e. The van der Waals surface area contributed by atoms with E-state index >= 15 is 0 Å². The van der Waals surface area contributed by atoms with Gasteiger partial charge in [-0.25, -0.2) is 9.59 Å². The maximum Gasteiger partial charge on any atom is 0.338 e. The molecule has 0 bridgehead atoms. The van der Waals surface area contributed by atoms with Crippen LogP contribution in [0.15, 0.2) is 108 Å². The number of hydrogen-bond donors (Lipinski definition) is 14. The number of carbonyl (C=O) groups is 4. The number of benzene rings is 6. The number of phenols is 11. The summed E-state index contributed by atoms with van der Waals surface area (Å²) in [4.78, 5) is 51.2. The predicted octanol–water partition coefficient (Wildman–Crippen LogP) is 5.97. The third kappa shape index (κ3) is 11.0. The number of carboxylic acids is 1. The molecule has 422 valence electrons. The molecular formula is C56H51N3O21S. The number of rotatable bonds is 8. The summed E-state index contributed by atoms with van der Waals surface area (Å²) >= 11 is 1.38. The molecule has 7 atom stereocenters. The Morgan fingerprint density at radius 1 is 0.679 bits per heavy atom. The maximum absolute atomic E-state index is 12.9. The number of carboxylic acid groups (broad SMARTS) is 1. The van der Waals surface area contributed by atoms with Gasteiger partial charge in [-0.05, 0) is 62.7 Å². The van der Waals surface area contributed by atoms with Crippen LogP contribution in [0.25, 0.3) is 11.3 Å². The fourth-order valence-corrected chi connectivity index (χ4v) is 11.4. The molecule has 6 aromatic carbocycles. The van der Waals surface area contributed by atoms with Crippen molar-refractivity contribution >= 4 is 35.5 Å². The number of nitrogens with zero attached hydrogens (tertiary/aromatic N) is 2. The number of esters is 1. The molecule has 24 nitrogen and oxygen atoms in total. The lowest BCUT2D eigenvalue weighted by molar-refractivity contribution is -0.159. The summed E-state index contributed by atoms with van der Waals surface area (Å²) in [6.07, 6.45) is -3.68. The number of amides is 2. The van der Waals surface area contributed by atoms with E-state index < -0.39 is 87.5 Å². The number of nitrogens with one attached hydrogen (secondary N) is 1. The highest BCUT2D eigenvalue weighted by molar-refractivity contribution is 8.01. The van der Waals surface area contributed by atoms with Gasteiger partial charge < -0.3 is 95.3 Å². The van der Waals surface area contributed by atoms with Gasteiger partial charge in [0, 0.05) is 64.1 Å². The highest BCUT2D eigenvalue weighted by Crippen LogP contribution is 2.51. The number of fused-ring (bicyclic) bond motifs is 3. The standard InChI is InChI=1S/C22H18O10.C19H19N3O5S.C15H14O6/c23-11-6-14(25)12-8-19(32-22(30)10-4-16(27)20(29)17(28)5-10)21(31-18(12)7-11)9-1-2-13(24)15(26)3-9;1-9-11(12(21-27-9)10-7-5-4-6-8-10)15(23)20-13-16(24)22-14(18(25)26)19(2,3)28-17(13)22;16-8-4-11(18)9-6-13(20)15(21-14(9)5-8)7-1-2-10(17)12(19)3-7/h1-7,19,21,23-29H,8H2;4-8,13-14,17H,1-3H3,(H,20,23)(H,25,26);1-5,13,15-20H,6H2/t19-,21-;13-,14+,17-;13-,15-/m111/s1. The molecule has 0 aliphatic carbocycles. The molecule has 5 heterocycles. The number of β-lactam (4-membered cyclic amide) rings is 1. The van der Waals surface area contributed by atoms with Gasteiger partial charge in [0.25, 0.3) is 5.91 Å². The summed E-state index contributed by atoms with van der Waals surface area (Å²) in [5, 5.41) is 132. The molecule has 7 aromatic rings. The maximum atomic E-state index is 12.9. The summed E-state index contributed by atoms with van der Waals surface area (Å²) in [6, 6.07) is 22.2. The molecule has 2 saturated heterocycles. The summed E-state index contributed by atoms with van der Waals surface area (Å²) in [7, 11) is 0. The lowest BCUT2D eigenvalue weighted by atomic mass is 9.93. The van der Waals surface area contributed by atoms with Crippen molar-refractivity contribution in [3.05, 3.63) is 142 Å². The second-order valence-corrected chi connectivity index (χ2v) is 21.4. The predicted molar refractivity (Wildman–Crippen MR) is 282 cm³/mol. The van der Waals surface area contributed by atoms with E-state index in [1.165, 1.54) is 71.3 Å². The number of hydrogen-bond acceptors (Lipinski definition) is 22. The van der Waals surface area contributed by atoms with Gasteiger partial charge in [-0.15, -0.1) is 11.8 Å². The fourth-order valence-electron chi connectivity index (χ4n) is 9.74. The SMILES string of the molecule is Cc1onc(-c2ccccc2)c1C(=O)N[C@@H]1C(=O)N2[C@@H]1SC(C)(C)[C@@H]2C(=O)O.O=C(O[C@@H]1Cc2c(O)cc(O)cc2O[C@@H]1c1ccc(O)c(O)c1)c1cc(O)c(O)c(O)c1.Oc1cc(O)c2c(c1)O[C@H](c1ccc(O)c(O)c1)[C@H](O)C2. The Hall–Kier alpha value is -9.88. The molecule has 11 rings (SSSR count). The molecule has 81 heavy (non-hydrogen) atoms. The number of aliphatic hydroxyl groups is 1. The van der Waals surface area contributed by atoms with Crippen molar-refractivity contribution < 1.29 is 104 Å². The zero-order valence-electron chi connectivity index (χ0n) is 42.7. The number of phenolic OH excluding ortho intramolecular Hbond substituents is 11. The first kappa shape index (κ1) is 55.9. The summed E-state index contributed by atoms with van der Waals surface area (Å²) in [5.41, 5.74) is 2.63. The minimum absolute atomic E-state index is 0.0461. The average Bonchev–Trinajstić information content (AvgIpc) is 3.89. The first-order valence-corrected chi connectivity index (χ1v) is 25.4. The van der Waals surface area contributed by atoms with Gasteiger partial charge in [-0.2, -0.15) is 0 Å². The minimum atomic E-state index is -1.06. The van der Waals surface area contributed by atoms with Crippen molar-refractivity contribution in [2.24, 2.45) is 0 Å². The zero-order chi connectivity index (χ0) is 58.5. The molecular weight excluding hydrogens is 1080 g/mol. The van der Waals surface area contributed by atoms with Gasteiger partial charge in [0.05, 0.1) is 11.7 Å². The van der Waals surface area contributed by atoms with Crippen molar-refractivity contribution in [2.45, 2.75) is 80.2 Å². The molecule has 0 saturated carbocycles. The van der Waals surface area contributed by atoms with Crippen LogP contribution in [0.2, 0.25) is 0 Å². The van der Waals surface area contributed by atoms with E-state index in [0.717, 1.165) is 23.8 Å². The molecule has 14 N–H and O–H groups in total. The Bertz CT molecular complexity index is 3600. The number of aryl methyl sites for hydroxylation is 1. The third-order valence-corrected chi connectivity index (χ3v) is 15.2. The number of carbonyl (C=O) groups excluding carboxylic acids is 3. The van der Waals surface area contributed by atoms with Crippen molar-refractivity contribution in [3.63, 3.8) is 0 Å². The normalized spacial score (nSPS) is 20.9. The summed E-state index contributed by atoms with van der Waals surface area (Å²) < 4.78 is 21.6. The van der Waals surface area contributed by atoms with Gasteiger partial charge in [0.15, 0.2) is 46.4 Å². The van der Waals surface area contributed by atoms with Crippen LogP contribution in [0.5, 0.6) is 74.7 Å². The summed E-state index contributed by atoms with van der Waals surface area (Å²) in [6.45, 7) is 5.22. The number of aromatic hydroxyl groups is 11. The van der Waals surface area contributed by atoms with Crippen molar-refractivity contribution in [2.75, 3.05) is 0 Å². The van der Waals surface area contributed by atoms with Crippen LogP contribution in [0.3, 0.4) is 0 Å². The van der Waals surface area contributed by atoms with Crippen molar-refractivity contribution in [1.82, 2.24) is 15.4 Å². The molecule has 0 unspecified atom stereocenters. The van der Waals surface area contributed by atoms with Crippen LogP contribution in [0, 0.1) is 6.92 Å². The molecule has 4 aliphatic rings. The lowest BCUT2D eigenvalue weighted by Gasteiger charge is -2.43. The molecule has 2 fully saturated rings. The largest absolute Gasteiger partial charge is 0.508 e. The molecule has 1 aromatic heterocycles. The number of thioether (sulfide) groups is 1. The van der Waals surface area contributed by atoms with E-state index in [1.807, 2.05) is 30.3 Å². The van der Waals surface area contributed by atoms with E-state index in [4.69, 9.17) is 18.7 Å².